The normalized spacial score (nSPS) is 10.0. The van der Waals surface area contributed by atoms with Gasteiger partial charge in [0.15, 0.2) is 18.2 Å². The van der Waals surface area contributed by atoms with Gasteiger partial charge in [-0.15, -0.1) is 0 Å². The van der Waals surface area contributed by atoms with Gasteiger partial charge in [0.25, 0.3) is 5.91 Å². The lowest BCUT2D eigenvalue weighted by Crippen LogP contribution is -2.44. The summed E-state index contributed by atoms with van der Waals surface area (Å²) in [5.74, 6) is -1.53. The third-order valence-corrected chi connectivity index (χ3v) is 3.34. The molecule has 0 atom stereocenters. The summed E-state index contributed by atoms with van der Waals surface area (Å²) in [5, 5.41) is 0. The smallest absolute Gasteiger partial charge is 0.276 e. The Morgan fingerprint density at radius 3 is 2.35 bits per heavy atom. The molecule has 0 heterocycles. The maximum absolute atomic E-state index is 13.3. The highest BCUT2D eigenvalue weighted by Crippen LogP contribution is 2.14. The zero-order valence-electron chi connectivity index (χ0n) is 12.0. The monoisotopic (exact) mass is 380 g/mol. The molecule has 0 saturated carbocycles. The SMILES string of the molecule is O=C(COc1ccccc1F)NNC(=O)Cc1ccc(Br)cc1. The number of halogens is 2. The van der Waals surface area contributed by atoms with Crippen molar-refractivity contribution in [3.63, 3.8) is 0 Å². The van der Waals surface area contributed by atoms with Gasteiger partial charge in [-0.2, -0.15) is 0 Å². The van der Waals surface area contributed by atoms with E-state index in [1.165, 1.54) is 18.2 Å². The highest BCUT2D eigenvalue weighted by molar-refractivity contribution is 9.10. The summed E-state index contributed by atoms with van der Waals surface area (Å²) in [6.45, 7) is -0.403. The van der Waals surface area contributed by atoms with Crippen molar-refractivity contribution in [3.05, 3.63) is 64.4 Å². The number of carbonyl (C=O) groups is 2. The molecule has 0 aliphatic rings. The first-order valence-corrected chi connectivity index (χ1v) is 7.53. The lowest BCUT2D eigenvalue weighted by Gasteiger charge is -2.09. The molecule has 0 aliphatic carbocycles. The minimum absolute atomic E-state index is 0.0242. The molecule has 2 rings (SSSR count). The van der Waals surface area contributed by atoms with Crippen LogP contribution in [0, 0.1) is 5.82 Å². The Kier molecular flexibility index (Phi) is 6.10. The van der Waals surface area contributed by atoms with Gasteiger partial charge in [-0.25, -0.2) is 4.39 Å². The number of nitrogens with one attached hydrogen (secondary N) is 2. The summed E-state index contributed by atoms with van der Waals surface area (Å²) in [7, 11) is 0. The van der Waals surface area contributed by atoms with Gasteiger partial charge in [-0.3, -0.25) is 20.4 Å². The Hall–Kier alpha value is -2.41. The molecule has 0 spiro atoms. The summed E-state index contributed by atoms with van der Waals surface area (Å²) in [6, 6.07) is 13.0. The van der Waals surface area contributed by atoms with Crippen LogP contribution >= 0.6 is 15.9 Å². The first-order valence-electron chi connectivity index (χ1n) is 6.74. The molecule has 0 aromatic heterocycles. The van der Waals surface area contributed by atoms with Crippen molar-refractivity contribution in [2.75, 3.05) is 6.61 Å². The number of ether oxygens (including phenoxy) is 1. The average Bonchev–Trinajstić information content (AvgIpc) is 2.54. The fraction of sp³-hybridized carbons (Fsp3) is 0.125. The van der Waals surface area contributed by atoms with Crippen molar-refractivity contribution in [1.82, 2.24) is 10.9 Å². The van der Waals surface area contributed by atoms with E-state index in [2.05, 4.69) is 26.8 Å². The summed E-state index contributed by atoms with van der Waals surface area (Å²) >= 11 is 3.30. The molecule has 2 aromatic rings. The van der Waals surface area contributed by atoms with Crippen molar-refractivity contribution in [1.29, 1.82) is 0 Å². The molecule has 0 unspecified atom stereocenters. The van der Waals surface area contributed by atoms with Crippen molar-refractivity contribution in [2.24, 2.45) is 0 Å². The van der Waals surface area contributed by atoms with Gasteiger partial charge in [-0.1, -0.05) is 40.2 Å². The quantitative estimate of drug-likeness (QED) is 0.782. The lowest BCUT2D eigenvalue weighted by molar-refractivity contribution is -0.129. The van der Waals surface area contributed by atoms with Crippen molar-refractivity contribution in [2.45, 2.75) is 6.42 Å². The number of hydrazine groups is 1. The fourth-order valence-corrected chi connectivity index (χ4v) is 1.98. The molecule has 120 valence electrons. The van der Waals surface area contributed by atoms with Gasteiger partial charge in [0.05, 0.1) is 6.42 Å². The Bertz CT molecular complexity index is 692. The second-order valence-corrected chi connectivity index (χ2v) is 5.53. The number of amides is 2. The summed E-state index contributed by atoms with van der Waals surface area (Å²) in [6.07, 6.45) is 0.127. The van der Waals surface area contributed by atoms with Crippen LogP contribution in [0.2, 0.25) is 0 Å². The Balaban J connectivity index is 1.72. The number of rotatable bonds is 5. The third kappa shape index (κ3) is 5.71. The molecule has 2 amide bonds. The van der Waals surface area contributed by atoms with Gasteiger partial charge in [0.1, 0.15) is 0 Å². The summed E-state index contributed by atoms with van der Waals surface area (Å²) in [4.78, 5) is 23.2. The number of benzene rings is 2. The molecule has 0 radical (unpaired) electrons. The minimum Gasteiger partial charge on any atom is -0.481 e. The van der Waals surface area contributed by atoms with Gasteiger partial charge in [0, 0.05) is 4.47 Å². The fourth-order valence-electron chi connectivity index (χ4n) is 1.71. The predicted molar refractivity (Wildman–Crippen MR) is 86.0 cm³/mol. The zero-order valence-corrected chi connectivity index (χ0v) is 13.6. The van der Waals surface area contributed by atoms with Crippen LogP contribution in [0.4, 0.5) is 4.39 Å². The van der Waals surface area contributed by atoms with Gasteiger partial charge >= 0.3 is 0 Å². The number of hydrogen-bond donors (Lipinski definition) is 2. The van der Waals surface area contributed by atoms with Gasteiger partial charge < -0.3 is 4.74 Å². The number of hydrogen-bond acceptors (Lipinski definition) is 3. The molecular formula is C16H14BrFN2O3. The zero-order chi connectivity index (χ0) is 16.7. The molecular weight excluding hydrogens is 367 g/mol. The summed E-state index contributed by atoms with van der Waals surface area (Å²) < 4.78 is 19.2. The Morgan fingerprint density at radius 2 is 1.65 bits per heavy atom. The van der Waals surface area contributed by atoms with E-state index < -0.39 is 18.3 Å². The van der Waals surface area contributed by atoms with Crippen LogP contribution in [0.1, 0.15) is 5.56 Å². The highest BCUT2D eigenvalue weighted by Gasteiger charge is 2.08. The van der Waals surface area contributed by atoms with Gasteiger partial charge in [0.2, 0.25) is 5.91 Å². The van der Waals surface area contributed by atoms with Gasteiger partial charge in [-0.05, 0) is 29.8 Å². The van der Waals surface area contributed by atoms with E-state index in [1.54, 1.807) is 18.2 Å². The highest BCUT2D eigenvalue weighted by atomic mass is 79.9. The van der Waals surface area contributed by atoms with E-state index in [-0.39, 0.29) is 18.1 Å². The second-order valence-electron chi connectivity index (χ2n) is 4.62. The minimum atomic E-state index is -0.586. The number of carbonyl (C=O) groups excluding carboxylic acids is 2. The van der Waals surface area contributed by atoms with E-state index in [4.69, 9.17) is 4.74 Å². The molecule has 2 N–H and O–H groups in total. The number of para-hydroxylation sites is 1. The molecule has 0 saturated heterocycles. The van der Waals surface area contributed by atoms with E-state index in [0.29, 0.717) is 0 Å². The molecule has 23 heavy (non-hydrogen) atoms. The molecule has 0 aliphatic heterocycles. The third-order valence-electron chi connectivity index (χ3n) is 2.81. The standard InChI is InChI=1S/C16H14BrFN2O3/c17-12-7-5-11(6-8-12)9-15(21)19-20-16(22)10-23-14-4-2-1-3-13(14)18/h1-8H,9-10H2,(H,19,21)(H,20,22). The predicted octanol–water partition coefficient (Wildman–Crippen LogP) is 2.36. The van der Waals surface area contributed by atoms with Crippen molar-refractivity contribution in [3.8, 4) is 5.75 Å². The van der Waals surface area contributed by atoms with E-state index in [9.17, 15) is 14.0 Å². The van der Waals surface area contributed by atoms with Crippen molar-refractivity contribution < 1.29 is 18.7 Å². The summed E-state index contributed by atoms with van der Waals surface area (Å²) in [5.41, 5.74) is 5.29. The molecule has 0 fully saturated rings. The largest absolute Gasteiger partial charge is 0.481 e. The van der Waals surface area contributed by atoms with Crippen LogP contribution in [-0.2, 0) is 16.0 Å². The van der Waals surface area contributed by atoms with Crippen LogP contribution in [-0.4, -0.2) is 18.4 Å². The molecule has 0 bridgehead atoms. The van der Waals surface area contributed by atoms with Crippen LogP contribution in [0.3, 0.4) is 0 Å². The van der Waals surface area contributed by atoms with E-state index in [0.717, 1.165) is 10.0 Å². The van der Waals surface area contributed by atoms with E-state index >= 15 is 0 Å². The lowest BCUT2D eigenvalue weighted by atomic mass is 10.1. The first kappa shape index (κ1) is 17.0. The van der Waals surface area contributed by atoms with Crippen LogP contribution in [0.15, 0.2) is 53.0 Å². The van der Waals surface area contributed by atoms with Crippen LogP contribution in [0.5, 0.6) is 5.75 Å². The average molecular weight is 381 g/mol. The Labute approximate surface area is 140 Å². The Morgan fingerprint density at radius 1 is 1.00 bits per heavy atom. The molecule has 2 aromatic carbocycles. The topological polar surface area (TPSA) is 67.4 Å². The molecule has 7 heteroatoms. The van der Waals surface area contributed by atoms with E-state index in [1.807, 2.05) is 12.1 Å². The van der Waals surface area contributed by atoms with Crippen LogP contribution in [0.25, 0.3) is 0 Å². The maximum Gasteiger partial charge on any atom is 0.276 e. The molecule has 5 nitrogen and oxygen atoms in total. The van der Waals surface area contributed by atoms with Crippen LogP contribution < -0.4 is 15.6 Å². The first-order chi connectivity index (χ1) is 11.0. The maximum atomic E-state index is 13.3. The van der Waals surface area contributed by atoms with Crippen molar-refractivity contribution >= 4 is 27.7 Å². The second kappa shape index (κ2) is 8.28.